The molecular weight excluding hydrogens is 641 g/mol. The van der Waals surface area contributed by atoms with Crippen LogP contribution in [0.3, 0.4) is 0 Å². The van der Waals surface area contributed by atoms with E-state index in [1.807, 2.05) is 24.8 Å². The second kappa shape index (κ2) is 13.8. The summed E-state index contributed by atoms with van der Waals surface area (Å²) in [7, 11) is 0. The highest BCUT2D eigenvalue weighted by Gasteiger charge is 2.12. The summed E-state index contributed by atoms with van der Waals surface area (Å²) in [4.78, 5) is 19.0. The van der Waals surface area contributed by atoms with Gasteiger partial charge in [-0.25, -0.2) is 18.3 Å². The summed E-state index contributed by atoms with van der Waals surface area (Å²) in [5.41, 5.74) is 12.7. The molecule has 248 valence electrons. The lowest BCUT2D eigenvalue weighted by molar-refractivity contribution is -0.688. The summed E-state index contributed by atoms with van der Waals surface area (Å²) >= 11 is 0. The second-order valence-electron chi connectivity index (χ2n) is 13.2. The minimum Gasteiger partial charge on any atom is -0.254 e. The lowest BCUT2D eigenvalue weighted by atomic mass is 10.1. The highest BCUT2D eigenvalue weighted by atomic mass is 14.9. The molecule has 8 aromatic heterocycles. The molecule has 0 unspecified atom stereocenters. The van der Waals surface area contributed by atoms with Crippen LogP contribution in [-0.2, 0) is 26.2 Å². The first-order valence-electron chi connectivity index (χ1n) is 17.4. The van der Waals surface area contributed by atoms with Crippen molar-refractivity contribution in [2.24, 2.45) is 0 Å². The van der Waals surface area contributed by atoms with Gasteiger partial charge >= 0.3 is 0 Å². The van der Waals surface area contributed by atoms with Crippen molar-refractivity contribution in [2.45, 2.75) is 26.2 Å². The van der Waals surface area contributed by atoms with Gasteiger partial charge < -0.3 is 0 Å². The summed E-state index contributed by atoms with van der Waals surface area (Å²) in [6.07, 6.45) is 24.7. The van der Waals surface area contributed by atoms with Gasteiger partial charge in [0, 0.05) is 95.6 Å². The van der Waals surface area contributed by atoms with Gasteiger partial charge in [-0.15, -0.1) is 0 Å². The Morgan fingerprint density at radius 3 is 0.654 bits per heavy atom. The topological polar surface area (TPSA) is 67.1 Å². The van der Waals surface area contributed by atoms with Crippen molar-refractivity contribution in [2.75, 3.05) is 0 Å². The second-order valence-corrected chi connectivity index (χ2v) is 13.2. The van der Waals surface area contributed by atoms with E-state index >= 15 is 0 Å². The van der Waals surface area contributed by atoms with E-state index in [4.69, 9.17) is 19.9 Å². The average molecular weight is 677 g/mol. The van der Waals surface area contributed by atoms with Gasteiger partial charge in [0.1, 0.15) is 0 Å². The van der Waals surface area contributed by atoms with Gasteiger partial charge in [-0.05, 0) is 70.8 Å². The molecule has 22 aliphatic heterocycles. The molecule has 8 nitrogen and oxygen atoms in total. The third kappa shape index (κ3) is 6.95. The maximum atomic E-state index is 4.74. The fraction of sp³-hybridized carbons (Fsp3) is 0.0909. The van der Waals surface area contributed by atoms with Gasteiger partial charge in [-0.1, -0.05) is 0 Å². The third-order valence-corrected chi connectivity index (χ3v) is 9.52. The molecule has 30 rings (SSSR count). The van der Waals surface area contributed by atoms with Crippen LogP contribution < -0.4 is 18.3 Å². The lowest BCUT2D eigenvalue weighted by Crippen LogP contribution is -2.33. The number of aromatic nitrogens is 8. The van der Waals surface area contributed by atoms with Gasteiger partial charge in [0.25, 0.3) is 0 Å². The van der Waals surface area contributed by atoms with Crippen LogP contribution in [0.25, 0.3) is 45.0 Å². The number of hydrogen-bond donors (Lipinski definition) is 0. The Kier molecular flexibility index (Phi) is 8.30. The average Bonchev–Trinajstić information content (AvgIpc) is 3.20. The Hall–Kier alpha value is -6.80. The fourth-order valence-electron chi connectivity index (χ4n) is 6.54. The zero-order valence-corrected chi connectivity index (χ0v) is 28.6. The third-order valence-electron chi connectivity index (χ3n) is 9.52. The molecule has 0 spiro atoms. The van der Waals surface area contributed by atoms with Crippen molar-refractivity contribution in [3.63, 3.8) is 0 Å². The normalized spacial score (nSPS) is 12.3. The predicted octanol–water partition coefficient (Wildman–Crippen LogP) is 5.59. The molecular formula is C44H36N8+4. The SMILES string of the molecule is c1cc2ncc1C[n+]1ccc(cc1)-c1cc[n+](cc1)Cc1ccc(nc1)-c1ccc(cn1)C[n+]1ccc(cc1)-c1cc[n+](cc1)Cc1ccc-2nc1. The van der Waals surface area contributed by atoms with Crippen molar-refractivity contribution in [1.29, 1.82) is 0 Å². The molecule has 16 bridgehead atoms. The first kappa shape index (κ1) is 31.2. The standard InChI is InChI=1S/C44H36N8/c1-5-41-42-6-2-34(26-46-42)30-50-21-13-39(14-22-50)40-15-23-52(24-16-40)32-36-4-8-44(48-28-36)43-7-3-35(27-47-43)31-51-19-11-38(12-20-51)37-9-17-49(18-10-37)29-33(1)25-45-41/h1-28H,29-32H2/q+4. The first-order chi connectivity index (χ1) is 25.7. The molecule has 52 heavy (non-hydrogen) atoms. The van der Waals surface area contributed by atoms with Crippen molar-refractivity contribution in [3.05, 3.63) is 194 Å². The Labute approximate surface area is 302 Å². The molecule has 0 aliphatic carbocycles. The highest BCUT2D eigenvalue weighted by Crippen LogP contribution is 2.20. The summed E-state index contributed by atoms with van der Waals surface area (Å²) in [6.45, 7) is 2.96. The zero-order chi connectivity index (χ0) is 34.7. The van der Waals surface area contributed by atoms with Crippen LogP contribution in [0.5, 0.6) is 0 Å². The van der Waals surface area contributed by atoms with Crippen molar-refractivity contribution in [1.82, 2.24) is 19.9 Å². The number of hydrogen-bond acceptors (Lipinski definition) is 4. The molecule has 0 radical (unpaired) electrons. The maximum absolute atomic E-state index is 4.74. The summed E-state index contributed by atoms with van der Waals surface area (Å²) in [6, 6.07) is 34.0. The summed E-state index contributed by atoms with van der Waals surface area (Å²) in [5.74, 6) is 0. The Bertz CT molecular complexity index is 1900. The Balaban J connectivity index is 0.985. The Morgan fingerprint density at radius 1 is 0.269 bits per heavy atom. The minimum absolute atomic E-state index is 0.739. The minimum atomic E-state index is 0.739. The molecule has 22 aliphatic rings. The molecule has 8 aromatic rings. The molecule has 8 heteroatoms. The van der Waals surface area contributed by atoms with E-state index in [1.54, 1.807) is 0 Å². The van der Waals surface area contributed by atoms with Crippen LogP contribution >= 0.6 is 0 Å². The molecule has 0 saturated carbocycles. The van der Waals surface area contributed by atoms with E-state index < -0.39 is 0 Å². The fourth-order valence-corrected chi connectivity index (χ4v) is 6.54. The molecule has 0 aromatic carbocycles. The van der Waals surface area contributed by atoms with Crippen LogP contribution in [0.15, 0.2) is 171 Å². The first-order valence-corrected chi connectivity index (χ1v) is 17.4. The summed E-state index contributed by atoms with van der Waals surface area (Å²) in [5, 5.41) is 0. The summed E-state index contributed by atoms with van der Waals surface area (Å²) < 4.78 is 8.69. The van der Waals surface area contributed by atoms with Gasteiger partial charge in [0.05, 0.1) is 22.8 Å². The van der Waals surface area contributed by atoms with E-state index in [9.17, 15) is 0 Å². The van der Waals surface area contributed by atoms with E-state index in [-0.39, 0.29) is 0 Å². The predicted molar refractivity (Wildman–Crippen MR) is 196 cm³/mol. The molecule has 30 heterocycles. The van der Waals surface area contributed by atoms with E-state index in [2.05, 4.69) is 165 Å². The van der Waals surface area contributed by atoms with E-state index in [1.165, 1.54) is 22.3 Å². The van der Waals surface area contributed by atoms with E-state index in [0.717, 1.165) is 71.2 Å². The smallest absolute Gasteiger partial charge is 0.175 e. The quantitative estimate of drug-likeness (QED) is 0.197. The van der Waals surface area contributed by atoms with Crippen LogP contribution in [0, 0.1) is 0 Å². The van der Waals surface area contributed by atoms with Gasteiger partial charge in [-0.3, -0.25) is 19.9 Å². The van der Waals surface area contributed by atoms with Crippen LogP contribution in [-0.4, -0.2) is 19.9 Å². The van der Waals surface area contributed by atoms with Gasteiger partial charge in [0.15, 0.2) is 75.8 Å². The number of nitrogens with zero attached hydrogens (tertiary/aromatic N) is 8. The van der Waals surface area contributed by atoms with E-state index in [0.29, 0.717) is 0 Å². The van der Waals surface area contributed by atoms with Crippen molar-refractivity contribution < 1.29 is 18.3 Å². The molecule has 0 saturated heterocycles. The largest absolute Gasteiger partial charge is 0.254 e. The van der Waals surface area contributed by atoms with Gasteiger partial charge in [-0.2, -0.15) is 0 Å². The molecule has 0 amide bonds. The zero-order valence-electron chi connectivity index (χ0n) is 28.6. The molecule has 0 fully saturated rings. The van der Waals surface area contributed by atoms with Crippen LogP contribution in [0.1, 0.15) is 22.3 Å². The van der Waals surface area contributed by atoms with Crippen LogP contribution in [0.4, 0.5) is 0 Å². The van der Waals surface area contributed by atoms with Crippen LogP contribution in [0.2, 0.25) is 0 Å². The van der Waals surface area contributed by atoms with Crippen molar-refractivity contribution >= 4 is 0 Å². The molecule has 0 atom stereocenters. The van der Waals surface area contributed by atoms with Crippen molar-refractivity contribution in [3.8, 4) is 45.0 Å². The maximum Gasteiger partial charge on any atom is 0.175 e. The van der Waals surface area contributed by atoms with Gasteiger partial charge in [0.2, 0.25) is 0 Å². The number of pyridine rings is 8. The molecule has 0 N–H and O–H groups in total. The monoisotopic (exact) mass is 676 g/mol. The number of rotatable bonds is 0. The lowest BCUT2D eigenvalue weighted by Gasteiger charge is -2.05. The highest BCUT2D eigenvalue weighted by molar-refractivity contribution is 5.62. The Morgan fingerprint density at radius 2 is 0.481 bits per heavy atom.